The second kappa shape index (κ2) is 9.43. The number of hydrogen-bond donors (Lipinski definition) is 0. The van der Waals surface area contributed by atoms with E-state index < -0.39 is 11.7 Å². The molecular formula is C17H25BrF3N. The van der Waals surface area contributed by atoms with E-state index in [1.165, 1.54) is 12.1 Å². The van der Waals surface area contributed by atoms with Gasteiger partial charge in [0.05, 0.1) is 5.56 Å². The average Bonchev–Trinajstić information content (AvgIpc) is 2.45. The molecule has 1 rings (SSSR count). The van der Waals surface area contributed by atoms with E-state index >= 15 is 0 Å². The van der Waals surface area contributed by atoms with E-state index in [2.05, 4.69) is 34.7 Å². The number of halogens is 4. The van der Waals surface area contributed by atoms with Gasteiger partial charge in [-0.15, -0.1) is 0 Å². The molecule has 0 atom stereocenters. The van der Waals surface area contributed by atoms with Crippen LogP contribution in [0.3, 0.4) is 0 Å². The summed E-state index contributed by atoms with van der Waals surface area (Å²) in [5.41, 5.74) is 0.0729. The zero-order valence-corrected chi connectivity index (χ0v) is 14.9. The van der Waals surface area contributed by atoms with E-state index in [1.54, 1.807) is 6.07 Å². The Morgan fingerprint density at radius 3 is 1.95 bits per heavy atom. The molecule has 0 aliphatic heterocycles. The number of rotatable bonds is 9. The molecule has 22 heavy (non-hydrogen) atoms. The fourth-order valence-corrected chi connectivity index (χ4v) is 2.87. The summed E-state index contributed by atoms with van der Waals surface area (Å²) in [7, 11) is 0. The Bertz CT molecular complexity index is 436. The molecular weight excluding hydrogens is 355 g/mol. The van der Waals surface area contributed by atoms with Crippen molar-refractivity contribution in [2.24, 2.45) is 0 Å². The molecule has 0 aliphatic carbocycles. The van der Waals surface area contributed by atoms with Gasteiger partial charge in [0.1, 0.15) is 0 Å². The lowest BCUT2D eigenvalue weighted by atomic mass is 10.1. The Morgan fingerprint density at radius 2 is 1.50 bits per heavy atom. The summed E-state index contributed by atoms with van der Waals surface area (Å²) in [5.74, 6) is 0. The fourth-order valence-electron chi connectivity index (χ4n) is 2.40. The summed E-state index contributed by atoms with van der Waals surface area (Å²) in [6, 6.07) is 4.55. The average molecular weight is 380 g/mol. The largest absolute Gasteiger partial charge is 0.417 e. The SMILES string of the molecule is CCCCCN(CCCCC)c1ccc(Br)c(C(F)(F)F)c1. The van der Waals surface area contributed by atoms with Gasteiger partial charge in [0.2, 0.25) is 0 Å². The smallest absolute Gasteiger partial charge is 0.372 e. The van der Waals surface area contributed by atoms with Crippen LogP contribution in [-0.2, 0) is 6.18 Å². The highest BCUT2D eigenvalue weighted by molar-refractivity contribution is 9.10. The minimum atomic E-state index is -4.33. The normalized spacial score (nSPS) is 11.7. The summed E-state index contributed by atoms with van der Waals surface area (Å²) in [6.45, 7) is 5.89. The van der Waals surface area contributed by atoms with Crippen molar-refractivity contribution in [3.63, 3.8) is 0 Å². The minimum Gasteiger partial charge on any atom is -0.372 e. The lowest BCUT2D eigenvalue weighted by molar-refractivity contribution is -0.138. The molecule has 0 radical (unpaired) electrons. The van der Waals surface area contributed by atoms with Crippen LogP contribution in [0.25, 0.3) is 0 Å². The zero-order valence-electron chi connectivity index (χ0n) is 13.3. The highest BCUT2D eigenvalue weighted by atomic mass is 79.9. The summed E-state index contributed by atoms with van der Waals surface area (Å²) in [4.78, 5) is 2.09. The maximum Gasteiger partial charge on any atom is 0.417 e. The fraction of sp³-hybridized carbons (Fsp3) is 0.647. The molecule has 1 aromatic rings. The highest BCUT2D eigenvalue weighted by Crippen LogP contribution is 2.37. The van der Waals surface area contributed by atoms with Gasteiger partial charge in [-0.3, -0.25) is 0 Å². The molecule has 1 nitrogen and oxygen atoms in total. The van der Waals surface area contributed by atoms with Crippen molar-refractivity contribution in [1.29, 1.82) is 0 Å². The summed E-state index contributed by atoms with van der Waals surface area (Å²) in [6.07, 6.45) is 2.13. The van der Waals surface area contributed by atoms with Crippen LogP contribution in [0.1, 0.15) is 57.9 Å². The van der Waals surface area contributed by atoms with Crippen molar-refractivity contribution < 1.29 is 13.2 Å². The number of alkyl halides is 3. The third kappa shape index (κ3) is 6.19. The van der Waals surface area contributed by atoms with Gasteiger partial charge in [0.25, 0.3) is 0 Å². The van der Waals surface area contributed by atoms with Crippen molar-refractivity contribution in [3.8, 4) is 0 Å². The first kappa shape index (κ1) is 19.3. The van der Waals surface area contributed by atoms with Gasteiger partial charge in [-0.2, -0.15) is 13.2 Å². The molecule has 0 bridgehead atoms. The number of unbranched alkanes of at least 4 members (excludes halogenated alkanes) is 4. The van der Waals surface area contributed by atoms with Crippen molar-refractivity contribution in [3.05, 3.63) is 28.2 Å². The van der Waals surface area contributed by atoms with Crippen LogP contribution in [-0.4, -0.2) is 13.1 Å². The molecule has 1 aromatic carbocycles. The molecule has 0 unspecified atom stereocenters. The van der Waals surface area contributed by atoms with Crippen LogP contribution in [0.2, 0.25) is 0 Å². The number of anilines is 1. The molecule has 0 fully saturated rings. The molecule has 0 aromatic heterocycles. The highest BCUT2D eigenvalue weighted by Gasteiger charge is 2.33. The van der Waals surface area contributed by atoms with Crippen LogP contribution in [0, 0.1) is 0 Å². The molecule has 126 valence electrons. The lowest BCUT2D eigenvalue weighted by Crippen LogP contribution is -2.26. The Kier molecular flexibility index (Phi) is 8.29. The van der Waals surface area contributed by atoms with Gasteiger partial charge in [0.15, 0.2) is 0 Å². The summed E-state index contributed by atoms with van der Waals surface area (Å²) in [5, 5.41) is 0. The second-order valence-electron chi connectivity index (χ2n) is 5.56. The van der Waals surface area contributed by atoms with Crippen molar-refractivity contribution >= 4 is 21.6 Å². The molecule has 0 saturated carbocycles. The van der Waals surface area contributed by atoms with Crippen LogP contribution in [0.5, 0.6) is 0 Å². The van der Waals surface area contributed by atoms with E-state index in [0.717, 1.165) is 51.6 Å². The van der Waals surface area contributed by atoms with Gasteiger partial charge in [0, 0.05) is 23.2 Å². The number of benzene rings is 1. The van der Waals surface area contributed by atoms with Crippen molar-refractivity contribution in [2.45, 2.75) is 58.5 Å². The quantitative estimate of drug-likeness (QED) is 0.433. The maximum absolute atomic E-state index is 13.1. The van der Waals surface area contributed by atoms with Gasteiger partial charge in [-0.05, 0) is 31.0 Å². The standard InChI is InChI=1S/C17H25BrF3N/c1-3-5-7-11-22(12-8-6-4-2)14-9-10-16(18)15(13-14)17(19,20)21/h9-10,13H,3-8,11-12H2,1-2H3. The van der Waals surface area contributed by atoms with E-state index in [0.29, 0.717) is 5.69 Å². The first-order valence-electron chi connectivity index (χ1n) is 8.01. The Hall–Kier alpha value is -0.710. The van der Waals surface area contributed by atoms with Gasteiger partial charge >= 0.3 is 6.18 Å². The Balaban J connectivity index is 2.91. The first-order chi connectivity index (χ1) is 10.4. The van der Waals surface area contributed by atoms with Crippen LogP contribution < -0.4 is 4.90 Å². The van der Waals surface area contributed by atoms with Crippen LogP contribution in [0.4, 0.5) is 18.9 Å². The Morgan fingerprint density at radius 1 is 0.955 bits per heavy atom. The minimum absolute atomic E-state index is 0.103. The zero-order chi connectivity index (χ0) is 16.6. The molecule has 0 saturated heterocycles. The predicted octanol–water partition coefficient (Wildman–Crippen LogP) is 6.65. The van der Waals surface area contributed by atoms with E-state index in [-0.39, 0.29) is 4.47 Å². The third-order valence-electron chi connectivity index (χ3n) is 3.68. The predicted molar refractivity (Wildman–Crippen MR) is 90.4 cm³/mol. The summed E-state index contributed by atoms with van der Waals surface area (Å²) < 4.78 is 39.3. The topological polar surface area (TPSA) is 3.24 Å². The molecule has 5 heteroatoms. The molecule has 0 amide bonds. The molecule has 0 heterocycles. The third-order valence-corrected chi connectivity index (χ3v) is 4.38. The molecule has 0 N–H and O–H groups in total. The second-order valence-corrected chi connectivity index (χ2v) is 6.42. The lowest BCUT2D eigenvalue weighted by Gasteiger charge is -2.26. The number of hydrogen-bond acceptors (Lipinski definition) is 1. The summed E-state index contributed by atoms with van der Waals surface area (Å²) >= 11 is 3.00. The van der Waals surface area contributed by atoms with E-state index in [4.69, 9.17) is 0 Å². The van der Waals surface area contributed by atoms with Crippen LogP contribution >= 0.6 is 15.9 Å². The maximum atomic E-state index is 13.1. The Labute approximate surface area is 140 Å². The van der Waals surface area contributed by atoms with E-state index in [1.807, 2.05) is 0 Å². The molecule has 0 spiro atoms. The van der Waals surface area contributed by atoms with Gasteiger partial charge in [-0.25, -0.2) is 0 Å². The van der Waals surface area contributed by atoms with Crippen molar-refractivity contribution in [2.75, 3.05) is 18.0 Å². The number of nitrogens with zero attached hydrogens (tertiary/aromatic N) is 1. The van der Waals surface area contributed by atoms with Gasteiger partial charge in [-0.1, -0.05) is 55.5 Å². The van der Waals surface area contributed by atoms with E-state index in [9.17, 15) is 13.2 Å². The van der Waals surface area contributed by atoms with Crippen LogP contribution in [0.15, 0.2) is 22.7 Å². The first-order valence-corrected chi connectivity index (χ1v) is 8.81. The monoisotopic (exact) mass is 379 g/mol. The van der Waals surface area contributed by atoms with Gasteiger partial charge < -0.3 is 4.90 Å². The van der Waals surface area contributed by atoms with Crippen molar-refractivity contribution in [1.82, 2.24) is 0 Å². The molecule has 0 aliphatic rings.